The minimum absolute atomic E-state index is 0.0934. The fourth-order valence-electron chi connectivity index (χ4n) is 1.41. The molecule has 0 bridgehead atoms. The molecule has 0 spiro atoms. The molecule has 1 atom stereocenters. The summed E-state index contributed by atoms with van der Waals surface area (Å²) in [6.45, 7) is 5.54. The fourth-order valence-corrected chi connectivity index (χ4v) is 1.41. The van der Waals surface area contributed by atoms with E-state index >= 15 is 0 Å². The van der Waals surface area contributed by atoms with E-state index in [1.54, 1.807) is 12.5 Å². The first-order valence-corrected chi connectivity index (χ1v) is 5.72. The van der Waals surface area contributed by atoms with Crippen LogP contribution < -0.4 is 10.6 Å². The predicted octanol–water partition coefficient (Wildman–Crippen LogP) is 1.37. The van der Waals surface area contributed by atoms with Crippen LogP contribution in [0.3, 0.4) is 0 Å². The molecule has 0 aliphatic rings. The zero-order valence-electron chi connectivity index (χ0n) is 9.94. The highest BCUT2D eigenvalue weighted by Crippen LogP contribution is 1.91. The Kier molecular flexibility index (Phi) is 5.39. The molecule has 0 aromatic carbocycles. The molecule has 0 saturated carbocycles. The van der Waals surface area contributed by atoms with Crippen LogP contribution in [0.25, 0.3) is 0 Å². The highest BCUT2D eigenvalue weighted by molar-refractivity contribution is 5.74. The van der Waals surface area contributed by atoms with E-state index in [-0.39, 0.29) is 12.1 Å². The standard InChI is InChI=1S/C11H20N4O/c1-3-4-5-13-11(16)14-10(2)8-15-7-6-12-9-15/h6-7,9-10H,3-5,8H2,1-2H3,(H2,13,14,16). The van der Waals surface area contributed by atoms with Crippen LogP contribution in [0.1, 0.15) is 26.7 Å². The van der Waals surface area contributed by atoms with Gasteiger partial charge in [-0.25, -0.2) is 9.78 Å². The minimum atomic E-state index is -0.0962. The Bertz CT molecular complexity index is 297. The number of nitrogens with one attached hydrogen (secondary N) is 2. The van der Waals surface area contributed by atoms with Crippen LogP contribution in [-0.2, 0) is 6.54 Å². The number of aromatic nitrogens is 2. The zero-order chi connectivity index (χ0) is 11.8. The molecule has 1 aromatic heterocycles. The van der Waals surface area contributed by atoms with Crippen molar-refractivity contribution in [3.8, 4) is 0 Å². The summed E-state index contributed by atoms with van der Waals surface area (Å²) >= 11 is 0. The van der Waals surface area contributed by atoms with E-state index in [1.807, 2.05) is 17.7 Å². The van der Waals surface area contributed by atoms with Crippen molar-refractivity contribution in [1.29, 1.82) is 0 Å². The van der Waals surface area contributed by atoms with Gasteiger partial charge in [-0.3, -0.25) is 0 Å². The Morgan fingerprint density at radius 2 is 2.38 bits per heavy atom. The van der Waals surface area contributed by atoms with Crippen molar-refractivity contribution >= 4 is 6.03 Å². The molecule has 1 heterocycles. The first kappa shape index (κ1) is 12.5. The Morgan fingerprint density at radius 1 is 1.56 bits per heavy atom. The lowest BCUT2D eigenvalue weighted by Crippen LogP contribution is -2.42. The van der Waals surface area contributed by atoms with Crippen LogP contribution in [0, 0.1) is 0 Å². The Hall–Kier alpha value is -1.52. The van der Waals surface area contributed by atoms with Crippen molar-refractivity contribution in [2.75, 3.05) is 6.54 Å². The summed E-state index contributed by atoms with van der Waals surface area (Å²) in [6, 6.07) is -0.00288. The van der Waals surface area contributed by atoms with Gasteiger partial charge >= 0.3 is 6.03 Å². The van der Waals surface area contributed by atoms with Crippen LogP contribution in [0.2, 0.25) is 0 Å². The van der Waals surface area contributed by atoms with Crippen LogP contribution in [0.5, 0.6) is 0 Å². The van der Waals surface area contributed by atoms with E-state index < -0.39 is 0 Å². The van der Waals surface area contributed by atoms with E-state index in [0.29, 0.717) is 0 Å². The minimum Gasteiger partial charge on any atom is -0.338 e. The topological polar surface area (TPSA) is 59.0 Å². The zero-order valence-corrected chi connectivity index (χ0v) is 9.94. The van der Waals surface area contributed by atoms with Gasteiger partial charge in [0.1, 0.15) is 0 Å². The number of hydrogen-bond donors (Lipinski definition) is 2. The van der Waals surface area contributed by atoms with Crippen molar-refractivity contribution in [1.82, 2.24) is 20.2 Å². The molecular formula is C11H20N4O. The summed E-state index contributed by atoms with van der Waals surface area (Å²) < 4.78 is 1.94. The molecule has 0 aliphatic carbocycles. The molecule has 2 amide bonds. The van der Waals surface area contributed by atoms with Gasteiger partial charge in [0.25, 0.3) is 0 Å². The third kappa shape index (κ3) is 4.82. The van der Waals surface area contributed by atoms with Gasteiger partial charge in [-0.15, -0.1) is 0 Å². The molecule has 0 radical (unpaired) electrons. The maximum absolute atomic E-state index is 11.4. The molecule has 1 rings (SSSR count). The number of rotatable bonds is 6. The van der Waals surface area contributed by atoms with Crippen molar-refractivity contribution in [2.24, 2.45) is 0 Å². The average molecular weight is 224 g/mol. The van der Waals surface area contributed by atoms with Crippen molar-refractivity contribution in [2.45, 2.75) is 39.3 Å². The Morgan fingerprint density at radius 3 is 3.00 bits per heavy atom. The number of carbonyl (C=O) groups is 1. The normalized spacial score (nSPS) is 12.1. The molecule has 0 saturated heterocycles. The lowest BCUT2D eigenvalue weighted by atomic mass is 10.3. The molecule has 1 aromatic rings. The number of hydrogen-bond acceptors (Lipinski definition) is 2. The second kappa shape index (κ2) is 6.87. The Balaban J connectivity index is 2.18. The van der Waals surface area contributed by atoms with Crippen molar-refractivity contribution < 1.29 is 4.79 Å². The molecule has 0 fully saturated rings. The summed E-state index contributed by atoms with van der Waals surface area (Å²) in [5.74, 6) is 0. The van der Waals surface area contributed by atoms with Gasteiger partial charge in [0, 0.05) is 31.5 Å². The van der Waals surface area contributed by atoms with Gasteiger partial charge in [0.05, 0.1) is 6.33 Å². The summed E-state index contributed by atoms with van der Waals surface area (Å²) in [5, 5.41) is 5.70. The van der Waals surface area contributed by atoms with E-state index in [2.05, 4.69) is 22.5 Å². The smallest absolute Gasteiger partial charge is 0.315 e. The quantitative estimate of drug-likeness (QED) is 0.717. The summed E-state index contributed by atoms with van der Waals surface area (Å²) in [7, 11) is 0. The van der Waals surface area contributed by atoms with Gasteiger partial charge in [-0.1, -0.05) is 13.3 Å². The van der Waals surface area contributed by atoms with Crippen LogP contribution >= 0.6 is 0 Å². The third-order valence-electron chi connectivity index (χ3n) is 2.24. The maximum Gasteiger partial charge on any atom is 0.315 e. The van der Waals surface area contributed by atoms with E-state index in [4.69, 9.17) is 0 Å². The summed E-state index contributed by atoms with van der Waals surface area (Å²) in [5.41, 5.74) is 0. The molecular weight excluding hydrogens is 204 g/mol. The number of unbranched alkanes of at least 4 members (excludes halogenated alkanes) is 1. The van der Waals surface area contributed by atoms with E-state index in [1.165, 1.54) is 0 Å². The highest BCUT2D eigenvalue weighted by Gasteiger charge is 2.06. The average Bonchev–Trinajstić information content (AvgIpc) is 2.70. The first-order chi connectivity index (χ1) is 7.72. The van der Waals surface area contributed by atoms with Gasteiger partial charge in [0.15, 0.2) is 0 Å². The fraction of sp³-hybridized carbons (Fsp3) is 0.636. The molecule has 5 nitrogen and oxygen atoms in total. The van der Waals surface area contributed by atoms with E-state index in [0.717, 1.165) is 25.9 Å². The van der Waals surface area contributed by atoms with Crippen molar-refractivity contribution in [3.63, 3.8) is 0 Å². The predicted molar refractivity (Wildman–Crippen MR) is 63.1 cm³/mol. The van der Waals surface area contributed by atoms with Crippen LogP contribution in [0.4, 0.5) is 4.79 Å². The summed E-state index contributed by atoms with van der Waals surface area (Å²) in [6.07, 6.45) is 7.46. The lowest BCUT2D eigenvalue weighted by molar-refractivity contribution is 0.236. The van der Waals surface area contributed by atoms with Crippen molar-refractivity contribution in [3.05, 3.63) is 18.7 Å². The molecule has 16 heavy (non-hydrogen) atoms. The maximum atomic E-state index is 11.4. The number of amides is 2. The highest BCUT2D eigenvalue weighted by atomic mass is 16.2. The number of imidazole rings is 1. The molecule has 2 N–H and O–H groups in total. The van der Waals surface area contributed by atoms with Gasteiger partial charge in [-0.05, 0) is 13.3 Å². The lowest BCUT2D eigenvalue weighted by Gasteiger charge is -2.14. The third-order valence-corrected chi connectivity index (χ3v) is 2.24. The molecule has 90 valence electrons. The summed E-state index contributed by atoms with van der Waals surface area (Å²) in [4.78, 5) is 15.4. The Labute approximate surface area is 96.3 Å². The monoisotopic (exact) mass is 224 g/mol. The number of nitrogens with zero attached hydrogens (tertiary/aromatic N) is 2. The second-order valence-electron chi connectivity index (χ2n) is 3.91. The number of carbonyl (C=O) groups excluding carboxylic acids is 1. The van der Waals surface area contributed by atoms with E-state index in [9.17, 15) is 4.79 Å². The second-order valence-corrected chi connectivity index (χ2v) is 3.91. The largest absolute Gasteiger partial charge is 0.338 e. The van der Waals surface area contributed by atoms with Crippen LogP contribution in [-0.4, -0.2) is 28.2 Å². The van der Waals surface area contributed by atoms with Crippen LogP contribution in [0.15, 0.2) is 18.7 Å². The van der Waals surface area contributed by atoms with Gasteiger partial charge < -0.3 is 15.2 Å². The number of urea groups is 1. The SMILES string of the molecule is CCCCNC(=O)NC(C)Cn1ccnc1. The van der Waals surface area contributed by atoms with Gasteiger partial charge in [0.2, 0.25) is 0 Å². The first-order valence-electron chi connectivity index (χ1n) is 5.72. The van der Waals surface area contributed by atoms with Gasteiger partial charge in [-0.2, -0.15) is 0 Å². The molecule has 1 unspecified atom stereocenters. The molecule has 5 heteroatoms. The molecule has 0 aliphatic heterocycles.